The average Bonchev–Trinajstić information content (AvgIpc) is 2.23. The molecule has 0 saturated heterocycles. The van der Waals surface area contributed by atoms with E-state index < -0.39 is 5.82 Å². The van der Waals surface area contributed by atoms with Crippen LogP contribution in [-0.4, -0.2) is 11.1 Å². The number of ether oxygens (including phenoxy) is 1. The maximum atomic E-state index is 14.0. The lowest BCUT2D eigenvalue weighted by atomic mass is 10.1. The van der Waals surface area contributed by atoms with E-state index in [1.807, 2.05) is 6.92 Å². The van der Waals surface area contributed by atoms with Gasteiger partial charge in [-0.25, -0.2) is 4.39 Å². The Hall–Kier alpha value is -0.680. The van der Waals surface area contributed by atoms with Gasteiger partial charge >= 0.3 is 0 Å². The summed E-state index contributed by atoms with van der Waals surface area (Å²) in [5, 5.41) is 0. The molecule has 0 saturated carbocycles. The van der Waals surface area contributed by atoms with Crippen LogP contribution in [-0.2, 0) is 0 Å². The Bertz CT molecular complexity index is 451. The summed E-state index contributed by atoms with van der Waals surface area (Å²) in [4.78, 5) is 0.155. The van der Waals surface area contributed by atoms with Crippen molar-refractivity contribution in [2.24, 2.45) is 11.7 Å². The van der Waals surface area contributed by atoms with E-state index in [0.717, 1.165) is 6.42 Å². The van der Waals surface area contributed by atoms with Gasteiger partial charge in [-0.1, -0.05) is 26.1 Å². The standard InChI is InChI=1S/C13H17BrFNOS/c1-7(2)6-8(3)17-10-5-4-9(13(16)18)11(14)12(10)15/h4-5,7-8H,6H2,1-3H3,(H2,16,18). The molecule has 0 amide bonds. The number of halogens is 2. The van der Waals surface area contributed by atoms with E-state index in [-0.39, 0.29) is 21.3 Å². The van der Waals surface area contributed by atoms with Crippen LogP contribution in [0.5, 0.6) is 5.75 Å². The normalized spacial score (nSPS) is 12.6. The van der Waals surface area contributed by atoms with E-state index in [2.05, 4.69) is 29.8 Å². The lowest BCUT2D eigenvalue weighted by Gasteiger charge is -2.18. The summed E-state index contributed by atoms with van der Waals surface area (Å²) in [5.41, 5.74) is 5.97. The predicted molar refractivity (Wildman–Crippen MR) is 79.5 cm³/mol. The molecule has 5 heteroatoms. The molecular formula is C13H17BrFNOS. The minimum Gasteiger partial charge on any atom is -0.488 e. The minimum absolute atomic E-state index is 0.0397. The number of rotatable bonds is 5. The zero-order chi connectivity index (χ0) is 13.9. The number of thiocarbonyl (C=S) groups is 1. The fourth-order valence-corrected chi connectivity index (χ4v) is 2.58. The monoisotopic (exact) mass is 333 g/mol. The lowest BCUT2D eigenvalue weighted by molar-refractivity contribution is 0.185. The molecule has 0 aromatic heterocycles. The Morgan fingerprint density at radius 2 is 2.06 bits per heavy atom. The van der Waals surface area contributed by atoms with Crippen LogP contribution >= 0.6 is 28.1 Å². The third-order valence-electron chi connectivity index (χ3n) is 2.44. The summed E-state index contributed by atoms with van der Waals surface area (Å²) < 4.78 is 19.9. The van der Waals surface area contributed by atoms with Gasteiger partial charge in [-0.3, -0.25) is 0 Å². The molecular weight excluding hydrogens is 317 g/mol. The van der Waals surface area contributed by atoms with Crippen molar-refractivity contribution in [1.82, 2.24) is 0 Å². The summed E-state index contributed by atoms with van der Waals surface area (Å²) in [7, 11) is 0. The summed E-state index contributed by atoms with van der Waals surface area (Å²) >= 11 is 7.99. The van der Waals surface area contributed by atoms with E-state index in [9.17, 15) is 4.39 Å². The highest BCUT2D eigenvalue weighted by atomic mass is 79.9. The highest BCUT2D eigenvalue weighted by Crippen LogP contribution is 2.29. The molecule has 1 atom stereocenters. The van der Waals surface area contributed by atoms with Crippen molar-refractivity contribution >= 4 is 33.1 Å². The molecule has 18 heavy (non-hydrogen) atoms. The molecule has 1 unspecified atom stereocenters. The first-order valence-electron chi connectivity index (χ1n) is 5.77. The molecule has 0 aliphatic heterocycles. The Labute approximate surface area is 121 Å². The zero-order valence-electron chi connectivity index (χ0n) is 10.7. The first-order valence-corrected chi connectivity index (χ1v) is 6.97. The van der Waals surface area contributed by atoms with E-state index in [1.165, 1.54) is 0 Å². The molecule has 1 aromatic carbocycles. The van der Waals surface area contributed by atoms with Crippen LogP contribution in [0.1, 0.15) is 32.8 Å². The molecule has 1 rings (SSSR count). The van der Waals surface area contributed by atoms with Gasteiger partial charge in [0.15, 0.2) is 11.6 Å². The molecule has 100 valence electrons. The zero-order valence-corrected chi connectivity index (χ0v) is 13.1. The van der Waals surface area contributed by atoms with E-state index >= 15 is 0 Å². The molecule has 0 radical (unpaired) electrons. The van der Waals surface area contributed by atoms with Gasteiger partial charge in [-0.15, -0.1) is 0 Å². The maximum Gasteiger partial charge on any atom is 0.179 e. The SMILES string of the molecule is CC(C)CC(C)Oc1ccc(C(N)=S)c(Br)c1F. The molecule has 0 aliphatic carbocycles. The number of hydrogen-bond donors (Lipinski definition) is 1. The molecule has 2 nitrogen and oxygen atoms in total. The topological polar surface area (TPSA) is 35.2 Å². The Morgan fingerprint density at radius 3 is 2.56 bits per heavy atom. The van der Waals surface area contributed by atoms with E-state index in [4.69, 9.17) is 22.7 Å². The van der Waals surface area contributed by atoms with Gasteiger partial charge < -0.3 is 10.5 Å². The summed E-state index contributed by atoms with van der Waals surface area (Å²) in [5.74, 6) is 0.258. The smallest absolute Gasteiger partial charge is 0.179 e. The third kappa shape index (κ3) is 3.92. The quantitative estimate of drug-likeness (QED) is 0.826. The summed E-state index contributed by atoms with van der Waals surface area (Å²) in [6.07, 6.45) is 0.829. The summed E-state index contributed by atoms with van der Waals surface area (Å²) in [6, 6.07) is 3.22. The van der Waals surface area contributed by atoms with Crippen molar-refractivity contribution in [1.29, 1.82) is 0 Å². The van der Waals surface area contributed by atoms with Crippen molar-refractivity contribution in [3.63, 3.8) is 0 Å². The minimum atomic E-state index is -0.462. The van der Waals surface area contributed by atoms with Crippen LogP contribution in [0.4, 0.5) is 4.39 Å². The fraction of sp³-hybridized carbons (Fsp3) is 0.462. The number of benzene rings is 1. The van der Waals surface area contributed by atoms with Gasteiger partial charge in [0, 0.05) is 5.56 Å². The highest BCUT2D eigenvalue weighted by Gasteiger charge is 2.16. The number of nitrogens with two attached hydrogens (primary N) is 1. The van der Waals surface area contributed by atoms with Crippen LogP contribution in [0.2, 0.25) is 0 Å². The van der Waals surface area contributed by atoms with Crippen LogP contribution in [0.25, 0.3) is 0 Å². The molecule has 2 N–H and O–H groups in total. The van der Waals surface area contributed by atoms with Crippen LogP contribution in [0.3, 0.4) is 0 Å². The van der Waals surface area contributed by atoms with Crippen LogP contribution in [0, 0.1) is 11.7 Å². The predicted octanol–water partition coefficient (Wildman–Crippen LogP) is 4.04. The van der Waals surface area contributed by atoms with Gasteiger partial charge in [-0.2, -0.15) is 0 Å². The molecule has 0 heterocycles. The second-order valence-electron chi connectivity index (χ2n) is 4.66. The van der Waals surface area contributed by atoms with Crippen LogP contribution < -0.4 is 10.5 Å². The van der Waals surface area contributed by atoms with Gasteiger partial charge in [-0.05, 0) is 47.3 Å². The molecule has 0 aliphatic rings. The average molecular weight is 334 g/mol. The van der Waals surface area contributed by atoms with Crippen molar-refractivity contribution in [3.05, 3.63) is 28.0 Å². The molecule has 0 spiro atoms. The number of hydrogen-bond acceptors (Lipinski definition) is 2. The van der Waals surface area contributed by atoms with Crippen molar-refractivity contribution in [2.45, 2.75) is 33.3 Å². The maximum absolute atomic E-state index is 14.0. The largest absolute Gasteiger partial charge is 0.488 e. The van der Waals surface area contributed by atoms with Crippen molar-refractivity contribution < 1.29 is 9.13 Å². The Balaban J connectivity index is 2.92. The molecule has 0 bridgehead atoms. The first-order chi connectivity index (χ1) is 8.32. The van der Waals surface area contributed by atoms with Gasteiger partial charge in [0.05, 0.1) is 10.6 Å². The van der Waals surface area contributed by atoms with E-state index in [1.54, 1.807) is 12.1 Å². The van der Waals surface area contributed by atoms with Crippen molar-refractivity contribution in [2.75, 3.05) is 0 Å². The van der Waals surface area contributed by atoms with Crippen LogP contribution in [0.15, 0.2) is 16.6 Å². The van der Waals surface area contributed by atoms with Gasteiger partial charge in [0.1, 0.15) is 4.99 Å². The second kappa shape index (κ2) is 6.48. The third-order valence-corrected chi connectivity index (χ3v) is 3.44. The Kier molecular flexibility index (Phi) is 5.53. The van der Waals surface area contributed by atoms with Crippen molar-refractivity contribution in [3.8, 4) is 5.75 Å². The van der Waals surface area contributed by atoms with Gasteiger partial charge in [0.25, 0.3) is 0 Å². The Morgan fingerprint density at radius 1 is 1.44 bits per heavy atom. The van der Waals surface area contributed by atoms with Gasteiger partial charge in [0.2, 0.25) is 0 Å². The first kappa shape index (κ1) is 15.4. The second-order valence-corrected chi connectivity index (χ2v) is 5.89. The lowest BCUT2D eigenvalue weighted by Crippen LogP contribution is -2.16. The van der Waals surface area contributed by atoms with E-state index in [0.29, 0.717) is 11.5 Å². The highest BCUT2D eigenvalue weighted by molar-refractivity contribution is 9.10. The fourth-order valence-electron chi connectivity index (χ4n) is 1.74. The summed E-state index contributed by atoms with van der Waals surface area (Å²) in [6.45, 7) is 6.12. The molecule has 1 aromatic rings. The molecule has 0 fully saturated rings.